The zero-order valence-corrected chi connectivity index (χ0v) is 18.9. The first-order chi connectivity index (χ1) is 14.5. The van der Waals surface area contributed by atoms with E-state index in [2.05, 4.69) is 21.2 Å². The van der Waals surface area contributed by atoms with Crippen LogP contribution in [-0.4, -0.2) is 42.5 Å². The molecule has 1 atom stereocenters. The first-order valence-electron chi connectivity index (χ1n) is 10.2. The first kappa shape index (κ1) is 22.2. The lowest BCUT2D eigenvalue weighted by atomic mass is 10.1. The normalized spacial score (nSPS) is 13.4. The average Bonchev–Trinajstić information content (AvgIpc) is 2.76. The summed E-state index contributed by atoms with van der Waals surface area (Å²) in [6, 6.07) is 13.0. The molecular weight excluding hydrogens is 448 g/mol. The number of likely N-dealkylation sites (N-methyl/N-ethyl adjacent to an activating group) is 1. The molecule has 6 nitrogen and oxygen atoms in total. The summed E-state index contributed by atoms with van der Waals surface area (Å²) in [6.07, 6.45) is 0.869. The van der Waals surface area contributed by atoms with Crippen molar-refractivity contribution in [2.75, 3.05) is 19.8 Å². The van der Waals surface area contributed by atoms with E-state index in [1.54, 1.807) is 11.8 Å². The molecule has 1 aliphatic heterocycles. The van der Waals surface area contributed by atoms with Gasteiger partial charge in [-0.05, 0) is 55.7 Å². The Morgan fingerprint density at radius 3 is 2.43 bits per heavy atom. The van der Waals surface area contributed by atoms with E-state index >= 15 is 0 Å². The van der Waals surface area contributed by atoms with Crippen molar-refractivity contribution in [3.8, 4) is 11.5 Å². The maximum atomic E-state index is 13.1. The van der Waals surface area contributed by atoms with Gasteiger partial charge in [-0.15, -0.1) is 0 Å². The number of carbonyl (C=O) groups excluding carboxylic acids is 2. The monoisotopic (exact) mass is 474 g/mol. The van der Waals surface area contributed by atoms with Gasteiger partial charge >= 0.3 is 0 Å². The van der Waals surface area contributed by atoms with Crippen molar-refractivity contribution < 1.29 is 19.1 Å². The van der Waals surface area contributed by atoms with E-state index in [1.165, 1.54) is 0 Å². The van der Waals surface area contributed by atoms with Crippen LogP contribution in [0.5, 0.6) is 11.5 Å². The number of ether oxygens (including phenoxy) is 2. The highest BCUT2D eigenvalue weighted by atomic mass is 79.9. The third-order valence-electron chi connectivity index (χ3n) is 5.02. The topological polar surface area (TPSA) is 67.9 Å². The second-order valence-electron chi connectivity index (χ2n) is 7.20. The third-order valence-corrected chi connectivity index (χ3v) is 5.55. The highest BCUT2D eigenvalue weighted by molar-refractivity contribution is 9.10. The maximum absolute atomic E-state index is 13.1. The number of nitrogens with zero attached hydrogens (tertiary/aromatic N) is 1. The Balaban J connectivity index is 1.70. The molecular formula is C23H27BrN2O4. The summed E-state index contributed by atoms with van der Waals surface area (Å²) in [6.45, 7) is 5.62. The zero-order valence-electron chi connectivity index (χ0n) is 17.3. The van der Waals surface area contributed by atoms with Gasteiger partial charge in [0, 0.05) is 24.0 Å². The summed E-state index contributed by atoms with van der Waals surface area (Å²) >= 11 is 3.43. The van der Waals surface area contributed by atoms with Crippen LogP contribution in [0.25, 0.3) is 0 Å². The number of aryl methyl sites for hydroxylation is 1. The Morgan fingerprint density at radius 2 is 1.73 bits per heavy atom. The van der Waals surface area contributed by atoms with E-state index < -0.39 is 6.04 Å². The van der Waals surface area contributed by atoms with Crippen LogP contribution in [0.3, 0.4) is 0 Å². The minimum atomic E-state index is -0.554. The molecule has 0 aromatic heterocycles. The molecule has 0 fully saturated rings. The number of rotatable bonds is 8. The highest BCUT2D eigenvalue weighted by Crippen LogP contribution is 2.31. The van der Waals surface area contributed by atoms with Gasteiger partial charge in [0.05, 0.1) is 0 Å². The van der Waals surface area contributed by atoms with Crippen LogP contribution in [0.1, 0.15) is 31.4 Å². The van der Waals surface area contributed by atoms with Crippen molar-refractivity contribution in [3.63, 3.8) is 0 Å². The summed E-state index contributed by atoms with van der Waals surface area (Å²) in [5, 5.41) is 2.81. The Hall–Kier alpha value is -2.54. The van der Waals surface area contributed by atoms with E-state index in [9.17, 15) is 9.59 Å². The van der Waals surface area contributed by atoms with Crippen LogP contribution in [0, 0.1) is 0 Å². The quantitative estimate of drug-likeness (QED) is 0.633. The largest absolute Gasteiger partial charge is 0.486 e. The first-order valence-corrected chi connectivity index (χ1v) is 11.0. The molecule has 1 N–H and O–H groups in total. The fourth-order valence-electron chi connectivity index (χ4n) is 3.33. The molecule has 2 amide bonds. The van der Waals surface area contributed by atoms with Crippen molar-refractivity contribution in [2.45, 2.75) is 39.3 Å². The lowest BCUT2D eigenvalue weighted by Crippen LogP contribution is -2.47. The van der Waals surface area contributed by atoms with Gasteiger partial charge in [-0.1, -0.05) is 34.1 Å². The third kappa shape index (κ3) is 5.75. The number of amides is 2. The number of carbonyl (C=O) groups is 2. The van der Waals surface area contributed by atoms with Crippen LogP contribution in [-0.2, 0) is 22.6 Å². The van der Waals surface area contributed by atoms with Gasteiger partial charge in [0.25, 0.3) is 0 Å². The molecule has 2 aromatic rings. The van der Waals surface area contributed by atoms with Crippen LogP contribution in [0.2, 0.25) is 0 Å². The van der Waals surface area contributed by atoms with E-state index in [-0.39, 0.29) is 11.8 Å². The molecule has 30 heavy (non-hydrogen) atoms. The number of nitrogens with one attached hydrogen (secondary N) is 1. The Morgan fingerprint density at radius 1 is 1.07 bits per heavy atom. The molecule has 0 aliphatic carbocycles. The lowest BCUT2D eigenvalue weighted by Gasteiger charge is -2.29. The van der Waals surface area contributed by atoms with Gasteiger partial charge in [-0.2, -0.15) is 0 Å². The van der Waals surface area contributed by atoms with E-state index in [1.807, 2.05) is 49.4 Å². The zero-order chi connectivity index (χ0) is 21.5. The van der Waals surface area contributed by atoms with E-state index in [0.717, 1.165) is 21.3 Å². The van der Waals surface area contributed by atoms with Crippen LogP contribution < -0.4 is 14.8 Å². The van der Waals surface area contributed by atoms with Crippen molar-refractivity contribution >= 4 is 27.7 Å². The highest BCUT2D eigenvalue weighted by Gasteiger charge is 2.25. The minimum absolute atomic E-state index is 0.0634. The molecule has 1 heterocycles. The van der Waals surface area contributed by atoms with Gasteiger partial charge in [0.15, 0.2) is 11.5 Å². The fourth-order valence-corrected chi connectivity index (χ4v) is 3.59. The fraction of sp³-hybridized carbons (Fsp3) is 0.391. The molecule has 7 heteroatoms. The standard InChI is InChI=1S/C23H27BrN2O4/c1-3-25-23(28)16(2)26(15-18-4-8-19(24)9-5-18)22(27)11-7-17-6-10-20-21(14-17)30-13-12-29-20/h4-6,8-10,14,16H,3,7,11-13,15H2,1-2H3,(H,25,28)/t16-/m1/s1. The summed E-state index contributed by atoms with van der Waals surface area (Å²) in [5.41, 5.74) is 1.98. The molecule has 0 unspecified atom stereocenters. The number of hydrogen-bond donors (Lipinski definition) is 1. The summed E-state index contributed by atoms with van der Waals surface area (Å²) in [7, 11) is 0. The minimum Gasteiger partial charge on any atom is -0.486 e. The second-order valence-corrected chi connectivity index (χ2v) is 8.11. The Labute approximate surface area is 185 Å². The van der Waals surface area contributed by atoms with Gasteiger partial charge in [0.2, 0.25) is 11.8 Å². The van der Waals surface area contributed by atoms with Gasteiger partial charge in [-0.25, -0.2) is 0 Å². The molecule has 0 saturated carbocycles. The van der Waals surface area contributed by atoms with Crippen molar-refractivity contribution in [1.82, 2.24) is 10.2 Å². The van der Waals surface area contributed by atoms with Crippen molar-refractivity contribution in [3.05, 3.63) is 58.1 Å². The van der Waals surface area contributed by atoms with Gasteiger partial charge < -0.3 is 19.7 Å². The van der Waals surface area contributed by atoms with E-state index in [0.29, 0.717) is 44.9 Å². The van der Waals surface area contributed by atoms with Crippen LogP contribution in [0.15, 0.2) is 46.9 Å². The number of benzene rings is 2. The molecule has 0 radical (unpaired) electrons. The van der Waals surface area contributed by atoms with Crippen LogP contribution >= 0.6 is 15.9 Å². The molecule has 0 bridgehead atoms. The Kier molecular flexibility index (Phi) is 7.74. The molecule has 160 valence electrons. The summed E-state index contributed by atoms with van der Waals surface area (Å²) in [5.74, 6) is 1.24. The van der Waals surface area contributed by atoms with Gasteiger partial charge in [-0.3, -0.25) is 9.59 Å². The summed E-state index contributed by atoms with van der Waals surface area (Å²) in [4.78, 5) is 27.2. The lowest BCUT2D eigenvalue weighted by molar-refractivity contribution is -0.140. The smallest absolute Gasteiger partial charge is 0.242 e. The SMILES string of the molecule is CCNC(=O)[C@@H](C)N(Cc1ccc(Br)cc1)C(=O)CCc1ccc2c(c1)OCCO2. The van der Waals surface area contributed by atoms with Gasteiger partial charge in [0.1, 0.15) is 19.3 Å². The predicted molar refractivity (Wildman–Crippen MR) is 119 cm³/mol. The second kappa shape index (κ2) is 10.5. The molecule has 3 rings (SSSR count). The number of hydrogen-bond acceptors (Lipinski definition) is 4. The molecule has 1 aliphatic rings. The average molecular weight is 475 g/mol. The maximum Gasteiger partial charge on any atom is 0.242 e. The molecule has 0 spiro atoms. The molecule has 0 saturated heterocycles. The van der Waals surface area contributed by atoms with Crippen molar-refractivity contribution in [2.24, 2.45) is 0 Å². The van der Waals surface area contributed by atoms with E-state index in [4.69, 9.17) is 9.47 Å². The summed E-state index contributed by atoms with van der Waals surface area (Å²) < 4.78 is 12.1. The number of fused-ring (bicyclic) bond motifs is 1. The number of halogens is 1. The van der Waals surface area contributed by atoms with Crippen molar-refractivity contribution in [1.29, 1.82) is 0 Å². The Bertz CT molecular complexity index is 885. The van der Waals surface area contributed by atoms with Crippen LogP contribution in [0.4, 0.5) is 0 Å². The molecule has 2 aromatic carbocycles. The predicted octanol–water partition coefficient (Wildman–Crippen LogP) is 3.71.